The first-order valence-electron chi connectivity index (χ1n) is 12.1. The second kappa shape index (κ2) is 9.37. The van der Waals surface area contributed by atoms with Gasteiger partial charge in [0.2, 0.25) is 11.8 Å². The summed E-state index contributed by atoms with van der Waals surface area (Å²) in [7, 11) is 0. The summed E-state index contributed by atoms with van der Waals surface area (Å²) in [5.41, 5.74) is -1.61. The molecule has 0 radical (unpaired) electrons. The number of nitrogens with zero attached hydrogens (tertiary/aromatic N) is 2. The normalized spacial score (nSPS) is 31.6. The largest absolute Gasteiger partial charge is 0.466 e. The van der Waals surface area contributed by atoms with Crippen LogP contribution >= 0.6 is 0 Å². The quantitative estimate of drug-likeness (QED) is 0.415. The fourth-order valence-corrected chi connectivity index (χ4v) is 6.06. The molecule has 6 atom stereocenters. The molecule has 3 fully saturated rings. The third-order valence-electron chi connectivity index (χ3n) is 7.27. The van der Waals surface area contributed by atoms with Gasteiger partial charge in [-0.15, -0.1) is 6.58 Å². The van der Waals surface area contributed by atoms with E-state index in [2.05, 4.69) is 6.58 Å². The average molecular weight is 465 g/mol. The van der Waals surface area contributed by atoms with Crippen molar-refractivity contribution in [1.29, 1.82) is 0 Å². The van der Waals surface area contributed by atoms with Crippen LogP contribution in [0.15, 0.2) is 12.7 Å². The summed E-state index contributed by atoms with van der Waals surface area (Å²) >= 11 is 0. The summed E-state index contributed by atoms with van der Waals surface area (Å²) in [5.74, 6) is -2.28. The average Bonchev–Trinajstić information content (AvgIpc) is 3.36. The van der Waals surface area contributed by atoms with Crippen molar-refractivity contribution in [2.75, 3.05) is 19.8 Å². The Labute approximate surface area is 197 Å². The monoisotopic (exact) mass is 464 g/mol. The lowest BCUT2D eigenvalue weighted by molar-refractivity contribution is -0.157. The van der Waals surface area contributed by atoms with Gasteiger partial charge in [-0.1, -0.05) is 19.9 Å². The van der Waals surface area contributed by atoms with E-state index in [0.29, 0.717) is 25.8 Å². The van der Waals surface area contributed by atoms with Crippen molar-refractivity contribution in [2.45, 2.75) is 90.1 Å². The van der Waals surface area contributed by atoms with Crippen LogP contribution in [0.4, 0.5) is 0 Å². The lowest BCUT2D eigenvalue weighted by atomic mass is 9.70. The molecule has 3 aliphatic rings. The zero-order chi connectivity index (χ0) is 24.7. The van der Waals surface area contributed by atoms with E-state index in [-0.39, 0.29) is 30.9 Å². The van der Waals surface area contributed by atoms with Crippen LogP contribution in [0, 0.1) is 17.8 Å². The third-order valence-corrected chi connectivity index (χ3v) is 7.27. The number of ether oxygens (including phenoxy) is 2. The Morgan fingerprint density at radius 2 is 2.06 bits per heavy atom. The van der Waals surface area contributed by atoms with Crippen LogP contribution in [-0.2, 0) is 23.9 Å². The molecule has 2 amide bonds. The second-order valence-electron chi connectivity index (χ2n) is 10.9. The summed E-state index contributed by atoms with van der Waals surface area (Å²) in [6.07, 6.45) is 2.89. The molecule has 186 valence electrons. The molecule has 33 heavy (non-hydrogen) atoms. The minimum Gasteiger partial charge on any atom is -0.466 e. The number of rotatable bonds is 9. The summed E-state index contributed by atoms with van der Waals surface area (Å²) in [4.78, 5) is 44.3. The van der Waals surface area contributed by atoms with Gasteiger partial charge in [-0.05, 0) is 52.9 Å². The van der Waals surface area contributed by atoms with Crippen LogP contribution in [0.25, 0.3) is 0 Å². The maximum absolute atomic E-state index is 14.2. The zero-order valence-corrected chi connectivity index (χ0v) is 20.9. The predicted molar refractivity (Wildman–Crippen MR) is 123 cm³/mol. The van der Waals surface area contributed by atoms with E-state index in [9.17, 15) is 19.5 Å². The van der Waals surface area contributed by atoms with Gasteiger partial charge in [0, 0.05) is 12.1 Å². The van der Waals surface area contributed by atoms with E-state index in [1.54, 1.807) is 22.8 Å². The van der Waals surface area contributed by atoms with Crippen molar-refractivity contribution in [3.63, 3.8) is 0 Å². The first kappa shape index (κ1) is 25.7. The zero-order valence-electron chi connectivity index (χ0n) is 20.9. The summed E-state index contributed by atoms with van der Waals surface area (Å²) in [6, 6.07) is -1.45. The number of aliphatic hydroxyl groups is 1. The van der Waals surface area contributed by atoms with E-state index >= 15 is 0 Å². The highest BCUT2D eigenvalue weighted by Crippen LogP contribution is 2.59. The highest BCUT2D eigenvalue weighted by molar-refractivity contribution is 5.98. The number of hydrogen-bond acceptors (Lipinski definition) is 6. The van der Waals surface area contributed by atoms with Gasteiger partial charge < -0.3 is 24.4 Å². The molecule has 2 bridgehead atoms. The van der Waals surface area contributed by atoms with Gasteiger partial charge in [0.1, 0.15) is 11.6 Å². The molecule has 0 saturated carbocycles. The molecular weight excluding hydrogens is 424 g/mol. The SMILES string of the molecule is C=CCN(C(=O)C1N([C@@H](CO)CC(C)C)C(=O)[C@@H]2[C@H](C(=O)OCC)[C@@H]3CCC12O3)C(C)(C)C. The maximum atomic E-state index is 14.2. The fourth-order valence-electron chi connectivity index (χ4n) is 6.06. The molecule has 8 heteroatoms. The van der Waals surface area contributed by atoms with Crippen molar-refractivity contribution in [3.8, 4) is 0 Å². The first-order chi connectivity index (χ1) is 15.4. The Kier molecular flexibility index (Phi) is 7.30. The molecule has 0 aliphatic carbocycles. The molecule has 8 nitrogen and oxygen atoms in total. The number of hydrogen-bond donors (Lipinski definition) is 1. The molecule has 3 rings (SSSR count). The first-order valence-corrected chi connectivity index (χ1v) is 12.1. The summed E-state index contributed by atoms with van der Waals surface area (Å²) in [5, 5.41) is 10.3. The minimum atomic E-state index is -1.09. The number of fused-ring (bicyclic) bond motifs is 1. The van der Waals surface area contributed by atoms with Crippen molar-refractivity contribution in [3.05, 3.63) is 12.7 Å². The molecule has 0 aromatic carbocycles. The number of likely N-dealkylation sites (tertiary alicyclic amines) is 1. The predicted octanol–water partition coefficient (Wildman–Crippen LogP) is 2.14. The molecule has 0 aromatic heterocycles. The topological polar surface area (TPSA) is 96.4 Å². The van der Waals surface area contributed by atoms with Crippen molar-refractivity contribution >= 4 is 17.8 Å². The summed E-state index contributed by atoms with van der Waals surface area (Å²) < 4.78 is 11.7. The second-order valence-corrected chi connectivity index (χ2v) is 10.9. The Hall–Kier alpha value is -1.93. The number of esters is 1. The Morgan fingerprint density at radius 3 is 2.58 bits per heavy atom. The number of carbonyl (C=O) groups is 3. The van der Waals surface area contributed by atoms with Crippen molar-refractivity contribution in [2.24, 2.45) is 17.8 Å². The van der Waals surface area contributed by atoms with Crippen LogP contribution in [0.5, 0.6) is 0 Å². The molecule has 1 N–H and O–H groups in total. The third kappa shape index (κ3) is 4.20. The van der Waals surface area contributed by atoms with Gasteiger partial charge in [0.15, 0.2) is 0 Å². The smallest absolute Gasteiger partial charge is 0.312 e. The van der Waals surface area contributed by atoms with E-state index in [0.717, 1.165) is 0 Å². The lowest BCUT2D eigenvalue weighted by Gasteiger charge is -2.43. The molecule has 0 aromatic rings. The number of amides is 2. The van der Waals surface area contributed by atoms with Gasteiger partial charge in [0.25, 0.3) is 0 Å². The number of aliphatic hydroxyl groups excluding tert-OH is 1. The maximum Gasteiger partial charge on any atom is 0.312 e. The Morgan fingerprint density at radius 1 is 1.39 bits per heavy atom. The molecule has 3 saturated heterocycles. The van der Waals surface area contributed by atoms with Crippen LogP contribution < -0.4 is 0 Å². The van der Waals surface area contributed by atoms with Crippen molar-refractivity contribution in [1.82, 2.24) is 9.80 Å². The standard InChI is InChI=1S/C25H40N2O6/c1-8-12-26(24(5,6)7)22(30)20-25-11-10-17(33-25)18(23(31)32-9-2)19(25)21(29)27(20)16(14-28)13-15(3)4/h8,15-20,28H,1,9-14H2,2-7H3/t16-,17+,18-,19+,20?,25?/m1/s1. The number of carbonyl (C=O) groups excluding carboxylic acids is 3. The molecular formula is C25H40N2O6. The van der Waals surface area contributed by atoms with Gasteiger partial charge in [0.05, 0.1) is 37.2 Å². The summed E-state index contributed by atoms with van der Waals surface area (Å²) in [6.45, 7) is 15.7. The highest BCUT2D eigenvalue weighted by atomic mass is 16.6. The fraction of sp³-hybridized carbons (Fsp3) is 0.800. The van der Waals surface area contributed by atoms with Crippen LogP contribution in [0.3, 0.4) is 0 Å². The highest BCUT2D eigenvalue weighted by Gasteiger charge is 2.75. The van der Waals surface area contributed by atoms with E-state index in [1.165, 1.54) is 0 Å². The van der Waals surface area contributed by atoms with Gasteiger partial charge in [-0.2, -0.15) is 0 Å². The van der Waals surface area contributed by atoms with Gasteiger partial charge >= 0.3 is 5.97 Å². The van der Waals surface area contributed by atoms with Gasteiger partial charge in [-0.25, -0.2) is 0 Å². The van der Waals surface area contributed by atoms with Crippen LogP contribution in [-0.4, -0.2) is 81.8 Å². The van der Waals surface area contributed by atoms with Crippen molar-refractivity contribution < 1.29 is 29.0 Å². The molecule has 2 unspecified atom stereocenters. The van der Waals surface area contributed by atoms with E-state index in [4.69, 9.17) is 9.47 Å². The van der Waals surface area contributed by atoms with Crippen LogP contribution in [0.2, 0.25) is 0 Å². The molecule has 1 spiro atoms. The minimum absolute atomic E-state index is 0.202. The lowest BCUT2D eigenvalue weighted by Crippen LogP contribution is -2.61. The van der Waals surface area contributed by atoms with Gasteiger partial charge in [-0.3, -0.25) is 14.4 Å². The Bertz CT molecular complexity index is 790. The van der Waals surface area contributed by atoms with Crippen LogP contribution in [0.1, 0.15) is 60.8 Å². The van der Waals surface area contributed by atoms with E-state index in [1.807, 2.05) is 34.6 Å². The molecule has 3 heterocycles. The Balaban J connectivity index is 2.12. The van der Waals surface area contributed by atoms with E-state index < -0.39 is 47.1 Å². The molecule has 3 aliphatic heterocycles.